The maximum Gasteiger partial charge on any atom is 0.354 e. The van der Waals surface area contributed by atoms with Crippen molar-refractivity contribution in [1.29, 1.82) is 0 Å². The van der Waals surface area contributed by atoms with Crippen LogP contribution >= 0.6 is 0 Å². The largest absolute Gasteiger partial charge is 0.477 e. The standard InChI is InChI=1S/C15H22N2O3/c1-15(2)8-12(18)6-7-17(10-15)9-11-4-3-5-13(16-11)14(19)20/h3-5,12,18H,6-10H2,1-2H3,(H,19,20)/t12-/m1/s1. The molecule has 2 heterocycles. The topological polar surface area (TPSA) is 73.7 Å². The van der Waals surface area contributed by atoms with Gasteiger partial charge in [0.15, 0.2) is 0 Å². The number of rotatable bonds is 3. The van der Waals surface area contributed by atoms with Crippen molar-refractivity contribution in [2.45, 2.75) is 39.3 Å². The molecule has 1 aliphatic rings. The van der Waals surface area contributed by atoms with Gasteiger partial charge in [0.2, 0.25) is 0 Å². The predicted octanol–water partition coefficient (Wildman–Crippen LogP) is 1.76. The second-order valence-corrected chi connectivity index (χ2v) is 6.34. The summed E-state index contributed by atoms with van der Waals surface area (Å²) in [5.74, 6) is -1.00. The van der Waals surface area contributed by atoms with E-state index in [1.165, 1.54) is 6.07 Å². The molecule has 0 unspecified atom stereocenters. The van der Waals surface area contributed by atoms with Gasteiger partial charge in [-0.25, -0.2) is 9.78 Å². The van der Waals surface area contributed by atoms with Crippen LogP contribution in [0.3, 0.4) is 0 Å². The summed E-state index contributed by atoms with van der Waals surface area (Å²) in [6, 6.07) is 5.08. The first-order valence-electron chi connectivity index (χ1n) is 6.95. The molecule has 0 saturated carbocycles. The molecule has 2 N–H and O–H groups in total. The lowest BCUT2D eigenvalue weighted by Crippen LogP contribution is -2.32. The van der Waals surface area contributed by atoms with Gasteiger partial charge in [0, 0.05) is 19.6 Å². The molecule has 1 fully saturated rings. The van der Waals surface area contributed by atoms with Gasteiger partial charge < -0.3 is 10.2 Å². The summed E-state index contributed by atoms with van der Waals surface area (Å²) in [5, 5.41) is 18.9. The molecular formula is C15H22N2O3. The first-order chi connectivity index (χ1) is 9.35. The van der Waals surface area contributed by atoms with E-state index < -0.39 is 5.97 Å². The van der Waals surface area contributed by atoms with E-state index in [9.17, 15) is 9.90 Å². The minimum atomic E-state index is -1.00. The third kappa shape index (κ3) is 4.02. The maximum absolute atomic E-state index is 10.9. The SMILES string of the molecule is CC1(C)C[C@H](O)CCN(Cc2cccc(C(=O)O)n2)C1. The van der Waals surface area contributed by atoms with Crippen LogP contribution in [0.25, 0.3) is 0 Å². The molecule has 0 amide bonds. The van der Waals surface area contributed by atoms with Gasteiger partial charge in [-0.1, -0.05) is 19.9 Å². The molecule has 0 aliphatic carbocycles. The van der Waals surface area contributed by atoms with E-state index in [1.807, 2.05) is 6.07 Å². The summed E-state index contributed by atoms with van der Waals surface area (Å²) < 4.78 is 0. The zero-order chi connectivity index (χ0) is 14.8. The highest BCUT2D eigenvalue weighted by Gasteiger charge is 2.29. The van der Waals surface area contributed by atoms with Crippen LogP contribution < -0.4 is 0 Å². The number of aromatic carboxylic acids is 1. The molecule has 1 aromatic rings. The molecule has 1 atom stereocenters. The van der Waals surface area contributed by atoms with Crippen LogP contribution in [0.5, 0.6) is 0 Å². The van der Waals surface area contributed by atoms with Crippen molar-refractivity contribution >= 4 is 5.97 Å². The molecule has 5 nitrogen and oxygen atoms in total. The van der Waals surface area contributed by atoms with Crippen LogP contribution in [-0.2, 0) is 6.54 Å². The molecule has 0 spiro atoms. The van der Waals surface area contributed by atoms with Crippen LogP contribution in [0.15, 0.2) is 18.2 Å². The number of nitrogens with zero attached hydrogens (tertiary/aromatic N) is 2. The minimum Gasteiger partial charge on any atom is -0.477 e. The Labute approximate surface area is 119 Å². The van der Waals surface area contributed by atoms with E-state index in [4.69, 9.17) is 5.11 Å². The molecule has 20 heavy (non-hydrogen) atoms. The van der Waals surface area contributed by atoms with Gasteiger partial charge in [-0.15, -0.1) is 0 Å². The van der Waals surface area contributed by atoms with E-state index in [0.717, 1.165) is 31.6 Å². The number of aliphatic hydroxyl groups excluding tert-OH is 1. The Kier molecular flexibility index (Phi) is 4.40. The van der Waals surface area contributed by atoms with Crippen molar-refractivity contribution in [1.82, 2.24) is 9.88 Å². The minimum absolute atomic E-state index is 0.0559. The Morgan fingerprint density at radius 2 is 2.25 bits per heavy atom. The number of carboxylic acids is 1. The number of hydrogen-bond acceptors (Lipinski definition) is 4. The third-order valence-electron chi connectivity index (χ3n) is 3.63. The summed E-state index contributed by atoms with van der Waals surface area (Å²) in [5.41, 5.74) is 0.897. The first-order valence-corrected chi connectivity index (χ1v) is 6.95. The normalized spacial score (nSPS) is 23.2. The Balaban J connectivity index is 2.09. The third-order valence-corrected chi connectivity index (χ3v) is 3.63. The molecular weight excluding hydrogens is 256 g/mol. The van der Waals surface area contributed by atoms with Gasteiger partial charge in [0.1, 0.15) is 5.69 Å². The van der Waals surface area contributed by atoms with Gasteiger partial charge in [-0.3, -0.25) is 4.90 Å². The van der Waals surface area contributed by atoms with Crippen LogP contribution in [-0.4, -0.2) is 45.3 Å². The predicted molar refractivity (Wildman–Crippen MR) is 75.5 cm³/mol. The first kappa shape index (κ1) is 14.9. The number of aromatic nitrogens is 1. The average molecular weight is 278 g/mol. The molecule has 0 radical (unpaired) electrons. The van der Waals surface area contributed by atoms with Gasteiger partial charge >= 0.3 is 5.97 Å². The quantitative estimate of drug-likeness (QED) is 0.881. The number of hydrogen-bond donors (Lipinski definition) is 2. The van der Waals surface area contributed by atoms with Crippen molar-refractivity contribution in [3.63, 3.8) is 0 Å². The molecule has 2 rings (SSSR count). The average Bonchev–Trinajstić information content (AvgIpc) is 2.47. The smallest absolute Gasteiger partial charge is 0.354 e. The fourth-order valence-electron chi connectivity index (χ4n) is 2.87. The van der Waals surface area contributed by atoms with Crippen LogP contribution in [0.1, 0.15) is 42.9 Å². The van der Waals surface area contributed by atoms with Gasteiger partial charge in [-0.05, 0) is 30.4 Å². The summed E-state index contributed by atoms with van der Waals surface area (Å²) in [7, 11) is 0. The fourth-order valence-corrected chi connectivity index (χ4v) is 2.87. The summed E-state index contributed by atoms with van der Waals surface area (Å²) in [6.07, 6.45) is 1.29. The highest BCUT2D eigenvalue weighted by Crippen LogP contribution is 2.28. The van der Waals surface area contributed by atoms with Crippen molar-refractivity contribution in [3.05, 3.63) is 29.6 Å². The van der Waals surface area contributed by atoms with Crippen LogP contribution in [0, 0.1) is 5.41 Å². The lowest BCUT2D eigenvalue weighted by atomic mass is 9.87. The van der Waals surface area contributed by atoms with Crippen LogP contribution in [0.2, 0.25) is 0 Å². The van der Waals surface area contributed by atoms with Crippen LogP contribution in [0.4, 0.5) is 0 Å². The zero-order valence-corrected chi connectivity index (χ0v) is 12.0. The van der Waals surface area contributed by atoms with E-state index >= 15 is 0 Å². The van der Waals surface area contributed by atoms with E-state index in [0.29, 0.717) is 6.54 Å². The molecule has 5 heteroatoms. The molecule has 0 bridgehead atoms. The summed E-state index contributed by atoms with van der Waals surface area (Å²) in [6.45, 7) is 6.61. The number of carbonyl (C=O) groups is 1. The summed E-state index contributed by atoms with van der Waals surface area (Å²) in [4.78, 5) is 17.3. The number of aliphatic hydroxyl groups is 1. The Bertz CT molecular complexity index is 488. The van der Waals surface area contributed by atoms with E-state index in [1.54, 1.807) is 6.07 Å². The maximum atomic E-state index is 10.9. The molecule has 1 saturated heterocycles. The highest BCUT2D eigenvalue weighted by atomic mass is 16.4. The second-order valence-electron chi connectivity index (χ2n) is 6.34. The number of likely N-dealkylation sites (tertiary alicyclic amines) is 1. The summed E-state index contributed by atoms with van der Waals surface area (Å²) >= 11 is 0. The van der Waals surface area contributed by atoms with Crippen molar-refractivity contribution in [2.75, 3.05) is 13.1 Å². The van der Waals surface area contributed by atoms with E-state index in [-0.39, 0.29) is 17.2 Å². The van der Waals surface area contributed by atoms with Gasteiger partial charge in [0.25, 0.3) is 0 Å². The van der Waals surface area contributed by atoms with Gasteiger partial charge in [0.05, 0.1) is 11.8 Å². The molecule has 110 valence electrons. The van der Waals surface area contributed by atoms with E-state index in [2.05, 4.69) is 23.7 Å². The monoisotopic (exact) mass is 278 g/mol. The molecule has 1 aliphatic heterocycles. The fraction of sp³-hybridized carbons (Fsp3) is 0.600. The second kappa shape index (κ2) is 5.89. The lowest BCUT2D eigenvalue weighted by molar-refractivity contribution is 0.0689. The van der Waals surface area contributed by atoms with Gasteiger partial charge in [-0.2, -0.15) is 0 Å². The van der Waals surface area contributed by atoms with Crippen molar-refractivity contribution in [2.24, 2.45) is 5.41 Å². The molecule has 1 aromatic heterocycles. The Hall–Kier alpha value is -1.46. The lowest BCUT2D eigenvalue weighted by Gasteiger charge is -2.29. The highest BCUT2D eigenvalue weighted by molar-refractivity contribution is 5.85. The zero-order valence-electron chi connectivity index (χ0n) is 12.0. The molecule has 0 aromatic carbocycles. The number of pyridine rings is 1. The van der Waals surface area contributed by atoms with Crippen molar-refractivity contribution < 1.29 is 15.0 Å². The Morgan fingerprint density at radius 3 is 2.95 bits per heavy atom. The Morgan fingerprint density at radius 1 is 1.50 bits per heavy atom. The van der Waals surface area contributed by atoms with Crippen molar-refractivity contribution in [3.8, 4) is 0 Å². The number of carboxylic acid groups (broad SMARTS) is 1.